The molecular formula is C22H20N2O2S. The van der Waals surface area contributed by atoms with E-state index in [1.165, 1.54) is 0 Å². The van der Waals surface area contributed by atoms with Gasteiger partial charge in [0.15, 0.2) is 0 Å². The predicted octanol–water partition coefficient (Wildman–Crippen LogP) is 5.11. The summed E-state index contributed by atoms with van der Waals surface area (Å²) in [7, 11) is 0. The number of hydrogen-bond acceptors (Lipinski definition) is 4. The molecule has 136 valence electrons. The summed E-state index contributed by atoms with van der Waals surface area (Å²) in [4.78, 5) is 13.0. The molecule has 0 bridgehead atoms. The summed E-state index contributed by atoms with van der Waals surface area (Å²) in [6, 6.07) is 27.1. The van der Waals surface area contributed by atoms with Crippen LogP contribution < -0.4 is 10.2 Å². The van der Waals surface area contributed by atoms with Crippen molar-refractivity contribution in [3.8, 4) is 11.5 Å². The molecule has 0 aliphatic heterocycles. The fourth-order valence-electron chi connectivity index (χ4n) is 2.30. The predicted molar refractivity (Wildman–Crippen MR) is 110 cm³/mol. The fourth-order valence-corrected chi connectivity index (χ4v) is 3.17. The van der Waals surface area contributed by atoms with Crippen LogP contribution in [0, 0.1) is 0 Å². The molecule has 0 aliphatic rings. The number of carbonyl (C=O) groups is 1. The maximum absolute atomic E-state index is 11.9. The van der Waals surface area contributed by atoms with Crippen LogP contribution in [-0.4, -0.2) is 17.9 Å². The van der Waals surface area contributed by atoms with Crippen LogP contribution in [0.15, 0.2) is 94.9 Å². The third kappa shape index (κ3) is 6.64. The number of rotatable bonds is 8. The Balaban J connectivity index is 1.45. The molecule has 0 fully saturated rings. The van der Waals surface area contributed by atoms with Gasteiger partial charge in [-0.05, 0) is 42.0 Å². The Morgan fingerprint density at radius 3 is 2.41 bits per heavy atom. The quantitative estimate of drug-likeness (QED) is 0.338. The third-order valence-corrected chi connectivity index (χ3v) is 4.59. The molecule has 0 saturated carbocycles. The summed E-state index contributed by atoms with van der Waals surface area (Å²) >= 11 is 1.65. The van der Waals surface area contributed by atoms with Gasteiger partial charge in [-0.3, -0.25) is 4.79 Å². The molecule has 5 heteroatoms. The highest BCUT2D eigenvalue weighted by Crippen LogP contribution is 2.21. The van der Waals surface area contributed by atoms with Crippen LogP contribution in [0.5, 0.6) is 11.5 Å². The molecule has 0 aliphatic carbocycles. The second-order valence-corrected chi connectivity index (χ2v) is 6.86. The van der Waals surface area contributed by atoms with E-state index >= 15 is 0 Å². The van der Waals surface area contributed by atoms with Gasteiger partial charge in [0.25, 0.3) is 0 Å². The number of amides is 1. The van der Waals surface area contributed by atoms with Gasteiger partial charge in [-0.1, -0.05) is 48.5 Å². The normalized spacial score (nSPS) is 10.7. The van der Waals surface area contributed by atoms with Crippen LogP contribution in [0.4, 0.5) is 0 Å². The number of hydrogen-bond donors (Lipinski definition) is 1. The van der Waals surface area contributed by atoms with Crippen molar-refractivity contribution < 1.29 is 9.53 Å². The van der Waals surface area contributed by atoms with Crippen molar-refractivity contribution in [2.24, 2.45) is 5.10 Å². The average Bonchev–Trinajstić information content (AvgIpc) is 2.70. The summed E-state index contributed by atoms with van der Waals surface area (Å²) in [5.74, 6) is 2.10. The van der Waals surface area contributed by atoms with Crippen LogP contribution in [0.25, 0.3) is 0 Å². The molecule has 0 atom stereocenters. The molecule has 0 spiro atoms. The van der Waals surface area contributed by atoms with E-state index in [1.54, 1.807) is 18.0 Å². The van der Waals surface area contributed by atoms with E-state index in [2.05, 4.69) is 10.5 Å². The first-order chi connectivity index (χ1) is 13.3. The average molecular weight is 376 g/mol. The first kappa shape index (κ1) is 18.7. The van der Waals surface area contributed by atoms with Crippen LogP contribution in [0.3, 0.4) is 0 Å². The van der Waals surface area contributed by atoms with E-state index in [0.717, 1.165) is 22.0 Å². The second-order valence-electron chi connectivity index (χ2n) is 5.69. The number of benzene rings is 3. The lowest BCUT2D eigenvalue weighted by Crippen LogP contribution is -2.17. The smallest absolute Gasteiger partial charge is 0.240 e. The van der Waals surface area contributed by atoms with Crippen molar-refractivity contribution in [1.82, 2.24) is 5.43 Å². The lowest BCUT2D eigenvalue weighted by molar-refractivity contribution is -0.120. The van der Waals surface area contributed by atoms with E-state index < -0.39 is 0 Å². The van der Waals surface area contributed by atoms with Gasteiger partial charge in [0, 0.05) is 17.1 Å². The van der Waals surface area contributed by atoms with Crippen molar-refractivity contribution >= 4 is 23.9 Å². The summed E-state index contributed by atoms with van der Waals surface area (Å²) in [6.07, 6.45) is 2.02. The van der Waals surface area contributed by atoms with Gasteiger partial charge in [0.2, 0.25) is 5.91 Å². The van der Waals surface area contributed by atoms with Gasteiger partial charge >= 0.3 is 0 Å². The van der Waals surface area contributed by atoms with Crippen LogP contribution >= 0.6 is 11.8 Å². The minimum absolute atomic E-state index is 0.105. The van der Waals surface area contributed by atoms with E-state index in [4.69, 9.17) is 4.74 Å². The Morgan fingerprint density at radius 2 is 1.63 bits per heavy atom. The number of thioether (sulfide) groups is 1. The maximum atomic E-state index is 11.9. The zero-order valence-electron chi connectivity index (χ0n) is 14.7. The van der Waals surface area contributed by atoms with Crippen molar-refractivity contribution in [2.45, 2.75) is 11.3 Å². The van der Waals surface area contributed by atoms with Crippen molar-refractivity contribution in [2.75, 3.05) is 5.75 Å². The van der Waals surface area contributed by atoms with Crippen LogP contribution in [0.1, 0.15) is 12.0 Å². The Morgan fingerprint density at radius 1 is 0.926 bits per heavy atom. The largest absolute Gasteiger partial charge is 0.457 e. The van der Waals surface area contributed by atoms with Crippen molar-refractivity contribution in [3.63, 3.8) is 0 Å². The highest BCUT2D eigenvalue weighted by molar-refractivity contribution is 7.99. The molecule has 0 aromatic heterocycles. The van der Waals surface area contributed by atoms with Crippen LogP contribution in [0.2, 0.25) is 0 Å². The number of nitrogens with zero attached hydrogens (tertiary/aromatic N) is 1. The Bertz CT molecular complexity index is 883. The van der Waals surface area contributed by atoms with E-state index in [9.17, 15) is 4.79 Å². The van der Waals surface area contributed by atoms with Gasteiger partial charge in [-0.15, -0.1) is 11.8 Å². The molecule has 0 unspecified atom stereocenters. The molecule has 0 radical (unpaired) electrons. The minimum Gasteiger partial charge on any atom is -0.457 e. The van der Waals surface area contributed by atoms with E-state index in [1.807, 2.05) is 84.9 Å². The number of para-hydroxylation sites is 1. The molecule has 3 rings (SSSR count). The van der Waals surface area contributed by atoms with Gasteiger partial charge in [-0.25, -0.2) is 5.43 Å². The molecular weight excluding hydrogens is 356 g/mol. The zero-order chi connectivity index (χ0) is 18.7. The van der Waals surface area contributed by atoms with Crippen molar-refractivity contribution in [1.29, 1.82) is 0 Å². The molecule has 27 heavy (non-hydrogen) atoms. The molecule has 1 amide bonds. The summed E-state index contributed by atoms with van der Waals surface area (Å²) in [6.45, 7) is 0. The number of nitrogens with one attached hydrogen (secondary N) is 1. The standard InChI is InChI=1S/C22H20N2O2S/c25-22(14-15-27-21-12-5-2-6-13-21)24-23-17-18-8-7-11-20(16-18)26-19-9-3-1-4-10-19/h1-13,16-17H,14-15H2,(H,24,25)/b23-17+. The number of ether oxygens (including phenoxy) is 1. The van der Waals surface area contributed by atoms with Gasteiger partial charge in [0.05, 0.1) is 6.21 Å². The second kappa shape index (κ2) is 10.2. The molecule has 3 aromatic rings. The van der Waals surface area contributed by atoms with Gasteiger partial charge in [-0.2, -0.15) is 5.10 Å². The Kier molecular flexibility index (Phi) is 7.07. The molecule has 1 N–H and O–H groups in total. The van der Waals surface area contributed by atoms with Gasteiger partial charge in [0.1, 0.15) is 11.5 Å². The summed E-state index contributed by atoms with van der Waals surface area (Å²) in [5, 5.41) is 4.03. The third-order valence-electron chi connectivity index (χ3n) is 3.58. The lowest BCUT2D eigenvalue weighted by Gasteiger charge is -2.05. The fraction of sp³-hybridized carbons (Fsp3) is 0.0909. The molecule has 0 heterocycles. The number of carbonyl (C=O) groups excluding carboxylic acids is 1. The van der Waals surface area contributed by atoms with Crippen molar-refractivity contribution in [3.05, 3.63) is 90.5 Å². The van der Waals surface area contributed by atoms with E-state index in [0.29, 0.717) is 12.2 Å². The maximum Gasteiger partial charge on any atom is 0.240 e. The lowest BCUT2D eigenvalue weighted by atomic mass is 10.2. The molecule has 3 aromatic carbocycles. The monoisotopic (exact) mass is 376 g/mol. The topological polar surface area (TPSA) is 50.7 Å². The van der Waals surface area contributed by atoms with Crippen LogP contribution in [-0.2, 0) is 4.79 Å². The summed E-state index contributed by atoms with van der Waals surface area (Å²) in [5.41, 5.74) is 3.41. The molecule has 0 saturated heterocycles. The Labute approximate surface area is 163 Å². The van der Waals surface area contributed by atoms with E-state index in [-0.39, 0.29) is 5.91 Å². The first-order valence-corrected chi connectivity index (χ1v) is 9.61. The summed E-state index contributed by atoms with van der Waals surface area (Å²) < 4.78 is 5.79. The minimum atomic E-state index is -0.105. The number of hydrazone groups is 1. The molecule has 4 nitrogen and oxygen atoms in total. The first-order valence-electron chi connectivity index (χ1n) is 8.62. The SMILES string of the molecule is O=C(CCSc1ccccc1)N/N=C/c1cccc(Oc2ccccc2)c1. The van der Waals surface area contributed by atoms with Gasteiger partial charge < -0.3 is 4.74 Å². The Hall–Kier alpha value is -3.05. The highest BCUT2D eigenvalue weighted by Gasteiger charge is 2.01. The highest BCUT2D eigenvalue weighted by atomic mass is 32.2. The zero-order valence-corrected chi connectivity index (χ0v) is 15.6.